The van der Waals surface area contributed by atoms with E-state index in [-0.39, 0.29) is 23.8 Å². The predicted octanol–water partition coefficient (Wildman–Crippen LogP) is 4.68. The highest BCUT2D eigenvalue weighted by atomic mass is 32.2. The molecule has 0 bridgehead atoms. The van der Waals surface area contributed by atoms with E-state index < -0.39 is 11.7 Å². The normalized spacial score (nSPS) is 10.7. The average Bonchev–Trinajstić information content (AvgIpc) is 3.24. The zero-order valence-corrected chi connectivity index (χ0v) is 20.1. The molecule has 3 aromatic carbocycles. The monoisotopic (exact) mass is 489 g/mol. The average molecular weight is 490 g/mol. The van der Waals surface area contributed by atoms with Crippen LogP contribution in [0.4, 0.5) is 10.1 Å². The van der Waals surface area contributed by atoms with E-state index in [1.54, 1.807) is 10.6 Å². The smallest absolute Gasteiger partial charge is 0.254 e. The molecule has 7 nitrogen and oxygen atoms in total. The molecule has 0 atom stereocenters. The molecule has 35 heavy (non-hydrogen) atoms. The maximum Gasteiger partial charge on any atom is 0.254 e. The number of rotatable bonds is 8. The summed E-state index contributed by atoms with van der Waals surface area (Å²) in [7, 11) is 0. The van der Waals surface area contributed by atoms with E-state index in [4.69, 9.17) is 0 Å². The van der Waals surface area contributed by atoms with Crippen LogP contribution in [0.15, 0.2) is 78.0 Å². The van der Waals surface area contributed by atoms with E-state index in [0.717, 1.165) is 22.5 Å². The Kier molecular flexibility index (Phi) is 7.57. The van der Waals surface area contributed by atoms with Crippen molar-refractivity contribution < 1.29 is 14.0 Å². The van der Waals surface area contributed by atoms with Gasteiger partial charge in [0.2, 0.25) is 5.91 Å². The number of hydrogen-bond acceptors (Lipinski definition) is 5. The highest BCUT2D eigenvalue weighted by Crippen LogP contribution is 2.23. The number of anilines is 1. The summed E-state index contributed by atoms with van der Waals surface area (Å²) in [6, 6.07) is 21.1. The van der Waals surface area contributed by atoms with E-state index >= 15 is 0 Å². The van der Waals surface area contributed by atoms with Crippen molar-refractivity contribution in [1.29, 1.82) is 0 Å². The van der Waals surface area contributed by atoms with E-state index in [0.29, 0.717) is 11.0 Å². The molecule has 0 aliphatic rings. The molecular weight excluding hydrogens is 465 g/mol. The van der Waals surface area contributed by atoms with Crippen LogP contribution < -0.4 is 10.6 Å². The minimum Gasteiger partial charge on any atom is -0.345 e. The van der Waals surface area contributed by atoms with Crippen molar-refractivity contribution >= 4 is 29.3 Å². The summed E-state index contributed by atoms with van der Waals surface area (Å²) in [6.45, 7) is 3.96. The Morgan fingerprint density at radius 1 is 0.943 bits per heavy atom. The molecule has 2 N–H and O–H groups in total. The first-order valence-electron chi connectivity index (χ1n) is 10.9. The van der Waals surface area contributed by atoms with Gasteiger partial charge in [-0.1, -0.05) is 48.2 Å². The van der Waals surface area contributed by atoms with Crippen LogP contribution in [-0.4, -0.2) is 32.3 Å². The van der Waals surface area contributed by atoms with Crippen molar-refractivity contribution in [3.05, 3.63) is 101 Å². The first-order chi connectivity index (χ1) is 16.9. The third-order valence-electron chi connectivity index (χ3n) is 5.12. The van der Waals surface area contributed by atoms with E-state index in [9.17, 15) is 14.0 Å². The summed E-state index contributed by atoms with van der Waals surface area (Å²) in [4.78, 5) is 25.0. The Hall–Kier alpha value is -3.98. The highest BCUT2D eigenvalue weighted by molar-refractivity contribution is 7.99. The Bertz CT molecular complexity index is 1370. The Balaban J connectivity index is 1.52. The van der Waals surface area contributed by atoms with E-state index in [2.05, 4.69) is 20.8 Å². The Morgan fingerprint density at radius 3 is 2.43 bits per heavy atom. The van der Waals surface area contributed by atoms with Crippen molar-refractivity contribution in [2.75, 3.05) is 11.1 Å². The van der Waals surface area contributed by atoms with Gasteiger partial charge in [-0.3, -0.25) is 14.2 Å². The molecule has 0 fully saturated rings. The van der Waals surface area contributed by atoms with Gasteiger partial charge >= 0.3 is 0 Å². The maximum atomic E-state index is 14.0. The lowest BCUT2D eigenvalue weighted by Crippen LogP contribution is -2.25. The second-order valence-electron chi connectivity index (χ2n) is 7.94. The topological polar surface area (TPSA) is 88.9 Å². The molecule has 2 amide bonds. The number of aryl methyl sites for hydroxylation is 2. The summed E-state index contributed by atoms with van der Waals surface area (Å²) < 4.78 is 15.8. The lowest BCUT2D eigenvalue weighted by molar-refractivity contribution is -0.113. The number of nitrogens with zero attached hydrogens (tertiary/aromatic N) is 3. The third-order valence-corrected chi connectivity index (χ3v) is 6.05. The summed E-state index contributed by atoms with van der Waals surface area (Å²) in [6.07, 6.45) is 0. The number of aromatic nitrogens is 3. The third kappa shape index (κ3) is 6.13. The molecule has 0 aliphatic carbocycles. The largest absolute Gasteiger partial charge is 0.345 e. The summed E-state index contributed by atoms with van der Waals surface area (Å²) in [5.41, 5.74) is 3.57. The molecule has 4 aromatic rings. The molecule has 0 unspecified atom stereocenters. The van der Waals surface area contributed by atoms with E-state index in [1.807, 2.05) is 62.4 Å². The summed E-state index contributed by atoms with van der Waals surface area (Å²) in [5, 5.41) is 14.6. The zero-order valence-electron chi connectivity index (χ0n) is 19.3. The van der Waals surface area contributed by atoms with Gasteiger partial charge in [-0.2, -0.15) is 0 Å². The van der Waals surface area contributed by atoms with Gasteiger partial charge < -0.3 is 10.6 Å². The molecule has 0 radical (unpaired) electrons. The van der Waals surface area contributed by atoms with Crippen molar-refractivity contribution in [2.45, 2.75) is 25.5 Å². The van der Waals surface area contributed by atoms with Crippen LogP contribution in [0.3, 0.4) is 0 Å². The molecule has 1 aromatic heterocycles. The number of thioether (sulfide) groups is 1. The summed E-state index contributed by atoms with van der Waals surface area (Å²) >= 11 is 1.24. The number of halogens is 1. The number of carbonyl (C=O) groups is 2. The molecule has 0 aliphatic heterocycles. The van der Waals surface area contributed by atoms with Crippen molar-refractivity contribution in [1.82, 2.24) is 20.1 Å². The van der Waals surface area contributed by atoms with Gasteiger partial charge in [0.05, 0.1) is 17.9 Å². The first kappa shape index (κ1) is 24.2. The number of amides is 2. The van der Waals surface area contributed by atoms with Gasteiger partial charge in [0.15, 0.2) is 11.0 Å². The molecule has 9 heteroatoms. The fourth-order valence-electron chi connectivity index (χ4n) is 3.48. The summed E-state index contributed by atoms with van der Waals surface area (Å²) in [5.74, 6) is -0.732. The molecule has 0 saturated carbocycles. The fourth-order valence-corrected chi connectivity index (χ4v) is 4.26. The van der Waals surface area contributed by atoms with Gasteiger partial charge in [0.25, 0.3) is 5.91 Å². The van der Waals surface area contributed by atoms with Crippen LogP contribution in [0.25, 0.3) is 5.69 Å². The van der Waals surface area contributed by atoms with Crippen LogP contribution in [0.2, 0.25) is 0 Å². The second-order valence-corrected chi connectivity index (χ2v) is 8.88. The Labute approximate surface area is 206 Å². The van der Waals surface area contributed by atoms with Gasteiger partial charge in [-0.15, -0.1) is 10.2 Å². The van der Waals surface area contributed by atoms with Crippen molar-refractivity contribution in [3.63, 3.8) is 0 Å². The molecule has 178 valence electrons. The second kappa shape index (κ2) is 11.0. The Morgan fingerprint density at radius 2 is 1.69 bits per heavy atom. The quantitative estimate of drug-likeness (QED) is 0.351. The van der Waals surface area contributed by atoms with Gasteiger partial charge in [0.1, 0.15) is 5.82 Å². The predicted molar refractivity (Wildman–Crippen MR) is 134 cm³/mol. The minimum atomic E-state index is -0.596. The lowest BCUT2D eigenvalue weighted by Gasteiger charge is -2.12. The molecule has 0 spiro atoms. The van der Waals surface area contributed by atoms with Gasteiger partial charge in [-0.05, 0) is 61.4 Å². The van der Waals surface area contributed by atoms with Crippen LogP contribution in [-0.2, 0) is 11.3 Å². The highest BCUT2D eigenvalue weighted by Gasteiger charge is 2.18. The molecule has 4 rings (SSSR count). The molecule has 0 saturated heterocycles. The van der Waals surface area contributed by atoms with Crippen LogP contribution in [0, 0.1) is 19.7 Å². The van der Waals surface area contributed by atoms with Crippen LogP contribution in [0.5, 0.6) is 0 Å². The standard InChI is InChI=1S/C26H24FN5O2S/c1-17-7-5-9-19(13-17)29-24(33)16-35-26-31-30-23(32(26)20-10-6-8-18(2)14-20)15-28-25(34)21-11-3-4-12-22(21)27/h3-14H,15-16H2,1-2H3,(H,28,34)(H,29,33). The van der Waals surface area contributed by atoms with Crippen LogP contribution >= 0.6 is 11.8 Å². The van der Waals surface area contributed by atoms with Crippen molar-refractivity contribution in [3.8, 4) is 5.69 Å². The maximum absolute atomic E-state index is 14.0. The zero-order chi connectivity index (χ0) is 24.8. The van der Waals surface area contributed by atoms with Gasteiger partial charge in [-0.25, -0.2) is 4.39 Å². The van der Waals surface area contributed by atoms with Crippen LogP contribution in [0.1, 0.15) is 27.3 Å². The number of nitrogens with one attached hydrogen (secondary N) is 2. The number of benzene rings is 3. The molecular formula is C26H24FN5O2S. The van der Waals surface area contributed by atoms with E-state index in [1.165, 1.54) is 30.0 Å². The SMILES string of the molecule is Cc1cccc(NC(=O)CSc2nnc(CNC(=O)c3ccccc3F)n2-c2cccc(C)c2)c1. The number of hydrogen-bond donors (Lipinski definition) is 2. The minimum absolute atomic E-state index is 0.0319. The van der Waals surface area contributed by atoms with Gasteiger partial charge in [0, 0.05) is 11.4 Å². The lowest BCUT2D eigenvalue weighted by atomic mass is 10.2. The first-order valence-corrected chi connectivity index (χ1v) is 11.9. The molecule has 1 heterocycles. The van der Waals surface area contributed by atoms with Crippen molar-refractivity contribution in [2.24, 2.45) is 0 Å². The fraction of sp³-hybridized carbons (Fsp3) is 0.154. The number of carbonyl (C=O) groups excluding carboxylic acids is 2.